The molecule has 6 heteroatoms. The van der Waals surface area contributed by atoms with Crippen molar-refractivity contribution >= 4 is 28.2 Å². The minimum absolute atomic E-state index is 0.108. The summed E-state index contributed by atoms with van der Waals surface area (Å²) in [5.74, 6) is 0.371. The summed E-state index contributed by atoms with van der Waals surface area (Å²) in [6.07, 6.45) is 3.90. The van der Waals surface area contributed by atoms with Gasteiger partial charge in [-0.05, 0) is 54.9 Å². The number of carbonyl (C=O) groups excluding carboxylic acids is 2. The zero-order chi connectivity index (χ0) is 18.7. The van der Waals surface area contributed by atoms with Crippen LogP contribution in [-0.4, -0.2) is 18.4 Å². The van der Waals surface area contributed by atoms with Crippen LogP contribution in [0.4, 0.5) is 5.00 Å². The fourth-order valence-corrected chi connectivity index (χ4v) is 4.50. The Kier molecular flexibility index (Phi) is 5.61. The molecule has 1 aromatic heterocycles. The van der Waals surface area contributed by atoms with E-state index in [1.54, 1.807) is 0 Å². The van der Waals surface area contributed by atoms with Gasteiger partial charge in [0.2, 0.25) is 0 Å². The molecule has 0 saturated heterocycles. The quantitative estimate of drug-likeness (QED) is 0.774. The molecule has 2 amide bonds. The van der Waals surface area contributed by atoms with Crippen LogP contribution in [0, 0.1) is 0 Å². The van der Waals surface area contributed by atoms with Crippen LogP contribution >= 0.6 is 11.3 Å². The Morgan fingerprint density at radius 2 is 2.00 bits per heavy atom. The fourth-order valence-electron chi connectivity index (χ4n) is 3.19. The molecule has 0 radical (unpaired) electrons. The van der Waals surface area contributed by atoms with Gasteiger partial charge in [0.05, 0.1) is 5.56 Å². The number of nitrogens with one attached hydrogen (secondary N) is 1. The number of aryl methyl sites for hydroxylation is 1. The first-order valence-electron chi connectivity index (χ1n) is 8.96. The molecule has 1 aromatic carbocycles. The predicted molar refractivity (Wildman–Crippen MR) is 104 cm³/mol. The second kappa shape index (κ2) is 7.91. The van der Waals surface area contributed by atoms with Crippen molar-refractivity contribution in [2.75, 3.05) is 11.9 Å². The third-order valence-electron chi connectivity index (χ3n) is 4.85. The standard InChI is InChI=1S/C20H24N2O3S/c1-3-12(2)13-7-9-14(10-8-13)25-11-17(23)22-20-18(19(21)24)15-5-4-6-16(15)26-20/h7-10,12H,3-6,11H2,1-2H3,(H2,21,24)(H,22,23)/t12-/m1/s1. The Labute approximate surface area is 157 Å². The monoisotopic (exact) mass is 372 g/mol. The highest BCUT2D eigenvalue weighted by atomic mass is 32.1. The predicted octanol–water partition coefficient (Wildman–Crippen LogP) is 3.87. The van der Waals surface area contributed by atoms with Crippen molar-refractivity contribution in [1.29, 1.82) is 0 Å². The van der Waals surface area contributed by atoms with Crippen molar-refractivity contribution in [3.8, 4) is 5.75 Å². The summed E-state index contributed by atoms with van der Waals surface area (Å²) in [7, 11) is 0. The van der Waals surface area contributed by atoms with Gasteiger partial charge in [0.25, 0.3) is 11.8 Å². The molecule has 1 atom stereocenters. The van der Waals surface area contributed by atoms with E-state index >= 15 is 0 Å². The van der Waals surface area contributed by atoms with Crippen molar-refractivity contribution in [3.05, 3.63) is 45.8 Å². The van der Waals surface area contributed by atoms with Crippen LogP contribution in [0.2, 0.25) is 0 Å². The first-order chi connectivity index (χ1) is 12.5. The van der Waals surface area contributed by atoms with Crippen LogP contribution in [0.3, 0.4) is 0 Å². The van der Waals surface area contributed by atoms with E-state index in [1.807, 2.05) is 24.3 Å². The lowest BCUT2D eigenvalue weighted by molar-refractivity contribution is -0.118. The smallest absolute Gasteiger partial charge is 0.262 e. The first kappa shape index (κ1) is 18.5. The maximum absolute atomic E-state index is 12.2. The average molecular weight is 372 g/mol. The van der Waals surface area contributed by atoms with Crippen molar-refractivity contribution in [2.45, 2.75) is 45.4 Å². The second-order valence-corrected chi connectivity index (χ2v) is 7.75. The van der Waals surface area contributed by atoms with Gasteiger partial charge in [0.15, 0.2) is 6.61 Å². The van der Waals surface area contributed by atoms with Gasteiger partial charge < -0.3 is 15.8 Å². The largest absolute Gasteiger partial charge is 0.484 e. The summed E-state index contributed by atoms with van der Waals surface area (Å²) in [6, 6.07) is 7.80. The van der Waals surface area contributed by atoms with Crippen LogP contribution in [-0.2, 0) is 17.6 Å². The lowest BCUT2D eigenvalue weighted by atomic mass is 9.99. The second-order valence-electron chi connectivity index (χ2n) is 6.64. The molecule has 0 aliphatic heterocycles. The van der Waals surface area contributed by atoms with E-state index in [9.17, 15) is 9.59 Å². The van der Waals surface area contributed by atoms with Crippen molar-refractivity contribution < 1.29 is 14.3 Å². The molecule has 0 spiro atoms. The van der Waals surface area contributed by atoms with Crippen LogP contribution < -0.4 is 15.8 Å². The van der Waals surface area contributed by atoms with Gasteiger partial charge in [0, 0.05) is 4.88 Å². The Balaban J connectivity index is 1.61. The molecular formula is C20H24N2O3S. The number of hydrogen-bond donors (Lipinski definition) is 2. The molecule has 1 aliphatic rings. The van der Waals surface area contributed by atoms with Gasteiger partial charge in [-0.3, -0.25) is 9.59 Å². The molecule has 3 rings (SSSR count). The number of primary amides is 1. The van der Waals surface area contributed by atoms with Crippen molar-refractivity contribution in [3.63, 3.8) is 0 Å². The summed E-state index contributed by atoms with van der Waals surface area (Å²) in [6.45, 7) is 4.22. The van der Waals surface area contributed by atoms with E-state index in [4.69, 9.17) is 10.5 Å². The maximum atomic E-state index is 12.2. The number of amides is 2. The van der Waals surface area contributed by atoms with Gasteiger partial charge in [-0.2, -0.15) is 0 Å². The van der Waals surface area contributed by atoms with E-state index < -0.39 is 5.91 Å². The Morgan fingerprint density at radius 1 is 1.27 bits per heavy atom. The number of rotatable bonds is 7. The minimum Gasteiger partial charge on any atom is -0.484 e. The summed E-state index contributed by atoms with van der Waals surface area (Å²) in [5.41, 5.74) is 8.23. The van der Waals surface area contributed by atoms with Crippen molar-refractivity contribution in [1.82, 2.24) is 0 Å². The molecule has 1 heterocycles. The Bertz CT molecular complexity index is 811. The van der Waals surface area contributed by atoms with E-state index in [1.165, 1.54) is 16.9 Å². The summed E-state index contributed by atoms with van der Waals surface area (Å²) >= 11 is 1.45. The van der Waals surface area contributed by atoms with Gasteiger partial charge in [-0.15, -0.1) is 11.3 Å². The van der Waals surface area contributed by atoms with Crippen molar-refractivity contribution in [2.24, 2.45) is 5.73 Å². The number of benzene rings is 1. The molecule has 0 bridgehead atoms. The number of anilines is 1. The summed E-state index contributed by atoms with van der Waals surface area (Å²) in [4.78, 5) is 25.1. The summed E-state index contributed by atoms with van der Waals surface area (Å²) < 4.78 is 5.56. The van der Waals surface area contributed by atoms with Crippen LogP contribution in [0.15, 0.2) is 24.3 Å². The third-order valence-corrected chi connectivity index (χ3v) is 6.06. The molecule has 0 unspecified atom stereocenters. The normalized spacial score (nSPS) is 13.9. The number of carbonyl (C=O) groups is 2. The molecule has 5 nitrogen and oxygen atoms in total. The van der Waals surface area contributed by atoms with Crippen LogP contribution in [0.1, 0.15) is 59.0 Å². The molecular weight excluding hydrogens is 348 g/mol. The Hall–Kier alpha value is -2.34. The lowest BCUT2D eigenvalue weighted by Crippen LogP contribution is -2.22. The van der Waals surface area contributed by atoms with Gasteiger partial charge >= 0.3 is 0 Å². The first-order valence-corrected chi connectivity index (χ1v) is 9.78. The highest BCUT2D eigenvalue weighted by Crippen LogP contribution is 2.38. The van der Waals surface area contributed by atoms with E-state index in [0.717, 1.165) is 36.1 Å². The third kappa shape index (κ3) is 3.90. The number of hydrogen-bond acceptors (Lipinski definition) is 4. The lowest BCUT2D eigenvalue weighted by Gasteiger charge is -2.11. The molecule has 138 valence electrons. The van der Waals surface area contributed by atoms with Crippen LogP contribution in [0.5, 0.6) is 5.75 Å². The molecule has 1 aliphatic carbocycles. The SMILES string of the molecule is CC[C@@H](C)c1ccc(OCC(=O)Nc2sc3c(c2C(N)=O)CCC3)cc1. The van der Waals surface area contributed by atoms with Crippen LogP contribution in [0.25, 0.3) is 0 Å². The maximum Gasteiger partial charge on any atom is 0.262 e. The molecule has 3 N–H and O–H groups in total. The van der Waals surface area contributed by atoms with E-state index in [-0.39, 0.29) is 12.5 Å². The summed E-state index contributed by atoms with van der Waals surface area (Å²) in [5, 5.41) is 3.33. The van der Waals surface area contributed by atoms with E-state index in [0.29, 0.717) is 22.2 Å². The average Bonchev–Trinajstić information content (AvgIpc) is 3.20. The highest BCUT2D eigenvalue weighted by Gasteiger charge is 2.26. The fraction of sp³-hybridized carbons (Fsp3) is 0.400. The zero-order valence-electron chi connectivity index (χ0n) is 15.1. The minimum atomic E-state index is -0.485. The number of nitrogens with two attached hydrogens (primary N) is 1. The number of fused-ring (bicyclic) bond motifs is 1. The van der Waals surface area contributed by atoms with Gasteiger partial charge in [0.1, 0.15) is 10.8 Å². The number of thiophene rings is 1. The zero-order valence-corrected chi connectivity index (χ0v) is 15.9. The Morgan fingerprint density at radius 3 is 2.65 bits per heavy atom. The van der Waals surface area contributed by atoms with E-state index in [2.05, 4.69) is 19.2 Å². The molecule has 0 fully saturated rings. The molecule has 2 aromatic rings. The number of ether oxygens (including phenoxy) is 1. The molecule has 26 heavy (non-hydrogen) atoms. The molecule has 0 saturated carbocycles. The highest BCUT2D eigenvalue weighted by molar-refractivity contribution is 7.17. The topological polar surface area (TPSA) is 81.4 Å². The van der Waals surface area contributed by atoms with Gasteiger partial charge in [-0.1, -0.05) is 26.0 Å². The van der Waals surface area contributed by atoms with Gasteiger partial charge in [-0.25, -0.2) is 0 Å².